The number of phenolic OH excluding ortho intramolecular Hbond substituents is 1. The molecule has 32 heavy (non-hydrogen) atoms. The maximum absolute atomic E-state index is 13.3. The van der Waals surface area contributed by atoms with Gasteiger partial charge in [-0.05, 0) is 62.7 Å². The first-order valence-corrected chi connectivity index (χ1v) is 10.6. The highest BCUT2D eigenvalue weighted by Crippen LogP contribution is 2.27. The van der Waals surface area contributed by atoms with Crippen LogP contribution < -0.4 is 10.1 Å². The van der Waals surface area contributed by atoms with E-state index in [0.717, 1.165) is 5.56 Å². The van der Waals surface area contributed by atoms with Crippen molar-refractivity contribution >= 4 is 17.7 Å². The number of anilines is 1. The zero-order chi connectivity index (χ0) is 23.3. The quantitative estimate of drug-likeness (QED) is 0.689. The Hall–Kier alpha value is -3.26. The van der Waals surface area contributed by atoms with Crippen molar-refractivity contribution in [3.63, 3.8) is 0 Å². The third-order valence-electron chi connectivity index (χ3n) is 5.15. The van der Waals surface area contributed by atoms with Crippen molar-refractivity contribution < 1.29 is 24.2 Å². The molecule has 8 heteroatoms. The van der Waals surface area contributed by atoms with E-state index in [1.807, 2.05) is 45.0 Å². The number of nitrogens with one attached hydrogen (secondary N) is 1. The van der Waals surface area contributed by atoms with E-state index in [1.165, 1.54) is 12.1 Å². The van der Waals surface area contributed by atoms with Gasteiger partial charge in [0.05, 0.1) is 7.11 Å². The van der Waals surface area contributed by atoms with Gasteiger partial charge in [0.2, 0.25) is 5.91 Å². The summed E-state index contributed by atoms with van der Waals surface area (Å²) in [5, 5.41) is 12.4. The molecule has 0 radical (unpaired) electrons. The van der Waals surface area contributed by atoms with Crippen molar-refractivity contribution in [3.05, 3.63) is 54.1 Å². The third-order valence-corrected chi connectivity index (χ3v) is 5.15. The molecule has 1 aliphatic heterocycles. The molecule has 1 aliphatic rings. The fraction of sp³-hybridized carbons (Fsp3) is 0.417. The van der Waals surface area contributed by atoms with Crippen molar-refractivity contribution in [1.29, 1.82) is 0 Å². The summed E-state index contributed by atoms with van der Waals surface area (Å²) in [6.45, 7) is 7.51. The average Bonchev–Trinajstić information content (AvgIpc) is 2.75. The van der Waals surface area contributed by atoms with Gasteiger partial charge in [-0.2, -0.15) is 0 Å². The summed E-state index contributed by atoms with van der Waals surface area (Å²) in [7, 11) is 1.60. The van der Waals surface area contributed by atoms with E-state index in [9.17, 15) is 14.7 Å². The number of aromatic hydroxyl groups is 1. The molecule has 172 valence electrons. The molecule has 0 spiro atoms. The number of carbonyl (C=O) groups excluding carboxylic acids is 2. The predicted molar refractivity (Wildman–Crippen MR) is 122 cm³/mol. The zero-order valence-corrected chi connectivity index (χ0v) is 19.0. The van der Waals surface area contributed by atoms with Crippen LogP contribution in [0.5, 0.6) is 11.5 Å². The molecule has 0 saturated carbocycles. The maximum Gasteiger partial charge on any atom is 0.410 e. The molecular weight excluding hydrogens is 410 g/mol. The smallest absolute Gasteiger partial charge is 0.410 e. The van der Waals surface area contributed by atoms with Gasteiger partial charge in [-0.1, -0.05) is 12.1 Å². The first-order valence-electron chi connectivity index (χ1n) is 10.6. The standard InChI is InChI=1S/C24H31N3O5/c1-24(2,3)32-23(30)27-15-13-26(14-16-27)21(17-5-11-20(31-4)12-6-17)22(29)25-18-7-9-19(28)10-8-18/h5-12,21,28H,13-16H2,1-4H3,(H,25,29). The number of nitrogens with zero attached hydrogens (tertiary/aromatic N) is 2. The normalized spacial score (nSPS) is 15.7. The van der Waals surface area contributed by atoms with Gasteiger partial charge in [-0.3, -0.25) is 9.69 Å². The molecule has 3 rings (SSSR count). The minimum atomic E-state index is -0.552. The fourth-order valence-corrected chi connectivity index (χ4v) is 3.56. The maximum atomic E-state index is 13.3. The summed E-state index contributed by atoms with van der Waals surface area (Å²) in [4.78, 5) is 29.4. The summed E-state index contributed by atoms with van der Waals surface area (Å²) in [5.41, 5.74) is 0.871. The number of piperazine rings is 1. The molecule has 0 bridgehead atoms. The topological polar surface area (TPSA) is 91.3 Å². The van der Waals surface area contributed by atoms with Crippen LogP contribution in [0.25, 0.3) is 0 Å². The van der Waals surface area contributed by atoms with Crippen molar-refractivity contribution in [3.8, 4) is 11.5 Å². The highest BCUT2D eigenvalue weighted by molar-refractivity contribution is 5.95. The molecule has 1 atom stereocenters. The predicted octanol–water partition coefficient (Wildman–Crippen LogP) is 3.63. The Morgan fingerprint density at radius 3 is 2.09 bits per heavy atom. The Balaban J connectivity index is 1.76. The van der Waals surface area contributed by atoms with Crippen LogP contribution in [0.2, 0.25) is 0 Å². The van der Waals surface area contributed by atoms with Crippen molar-refractivity contribution in [1.82, 2.24) is 9.80 Å². The zero-order valence-electron chi connectivity index (χ0n) is 19.0. The minimum Gasteiger partial charge on any atom is -0.508 e. The Labute approximate surface area is 188 Å². The second-order valence-corrected chi connectivity index (χ2v) is 8.72. The lowest BCUT2D eigenvalue weighted by Crippen LogP contribution is -2.52. The number of amides is 2. The number of methoxy groups -OCH3 is 1. The first kappa shape index (κ1) is 23.4. The van der Waals surface area contributed by atoms with Gasteiger partial charge >= 0.3 is 6.09 Å². The number of carbonyl (C=O) groups is 2. The molecule has 1 unspecified atom stereocenters. The van der Waals surface area contributed by atoms with Gasteiger partial charge in [0.15, 0.2) is 0 Å². The molecule has 1 fully saturated rings. The molecule has 8 nitrogen and oxygen atoms in total. The highest BCUT2D eigenvalue weighted by Gasteiger charge is 2.33. The largest absolute Gasteiger partial charge is 0.508 e. The van der Waals surface area contributed by atoms with E-state index in [0.29, 0.717) is 37.6 Å². The number of rotatable bonds is 5. The summed E-state index contributed by atoms with van der Waals surface area (Å²) in [6.07, 6.45) is -0.341. The number of benzene rings is 2. The van der Waals surface area contributed by atoms with Crippen molar-refractivity contribution in [2.24, 2.45) is 0 Å². The van der Waals surface area contributed by atoms with E-state index >= 15 is 0 Å². The lowest BCUT2D eigenvalue weighted by molar-refractivity contribution is -0.122. The number of hydrogen-bond acceptors (Lipinski definition) is 6. The number of phenols is 1. The van der Waals surface area contributed by atoms with Crippen LogP contribution in [0, 0.1) is 0 Å². The summed E-state index contributed by atoms with van der Waals surface area (Å²) in [6, 6.07) is 13.2. The van der Waals surface area contributed by atoms with E-state index < -0.39 is 11.6 Å². The Morgan fingerprint density at radius 2 is 1.56 bits per heavy atom. The van der Waals surface area contributed by atoms with Gasteiger partial charge in [-0.25, -0.2) is 4.79 Å². The van der Waals surface area contributed by atoms with E-state index in [1.54, 1.807) is 24.1 Å². The molecule has 0 aliphatic carbocycles. The molecule has 2 aromatic carbocycles. The second-order valence-electron chi connectivity index (χ2n) is 8.72. The molecule has 2 N–H and O–H groups in total. The molecule has 2 aromatic rings. The van der Waals surface area contributed by atoms with E-state index in [2.05, 4.69) is 10.2 Å². The van der Waals surface area contributed by atoms with Gasteiger partial charge in [0.25, 0.3) is 0 Å². The number of hydrogen-bond donors (Lipinski definition) is 2. The molecule has 2 amide bonds. The van der Waals surface area contributed by atoms with Gasteiger partial charge in [0.1, 0.15) is 23.1 Å². The molecule has 1 saturated heterocycles. The minimum absolute atomic E-state index is 0.132. The van der Waals surface area contributed by atoms with Crippen LogP contribution in [-0.4, -0.2) is 65.8 Å². The number of ether oxygens (including phenoxy) is 2. The summed E-state index contributed by atoms with van der Waals surface area (Å²) in [5.74, 6) is 0.653. The first-order chi connectivity index (χ1) is 15.2. The van der Waals surface area contributed by atoms with Crippen LogP contribution in [0.3, 0.4) is 0 Å². The van der Waals surface area contributed by atoms with Crippen LogP contribution in [0.1, 0.15) is 32.4 Å². The van der Waals surface area contributed by atoms with Gasteiger partial charge < -0.3 is 24.8 Å². The molecule has 0 aromatic heterocycles. The third kappa shape index (κ3) is 6.13. The molecular formula is C24H31N3O5. The summed E-state index contributed by atoms with van der Waals surface area (Å²) >= 11 is 0. The SMILES string of the molecule is COc1ccc(C(C(=O)Nc2ccc(O)cc2)N2CCN(C(=O)OC(C)(C)C)CC2)cc1. The fourth-order valence-electron chi connectivity index (χ4n) is 3.56. The van der Waals surface area contributed by atoms with Gasteiger partial charge in [0, 0.05) is 31.9 Å². The average molecular weight is 442 g/mol. The molecule has 1 heterocycles. The van der Waals surface area contributed by atoms with E-state index in [-0.39, 0.29) is 17.7 Å². The lowest BCUT2D eigenvalue weighted by atomic mass is 10.0. The Bertz CT molecular complexity index is 914. The Kier molecular flexibility index (Phi) is 7.25. The monoisotopic (exact) mass is 441 g/mol. The second kappa shape index (κ2) is 9.91. The van der Waals surface area contributed by atoms with Crippen LogP contribution in [0.15, 0.2) is 48.5 Å². The van der Waals surface area contributed by atoms with Crippen LogP contribution in [0.4, 0.5) is 10.5 Å². The van der Waals surface area contributed by atoms with E-state index in [4.69, 9.17) is 9.47 Å². The van der Waals surface area contributed by atoms with Crippen molar-refractivity contribution in [2.75, 3.05) is 38.6 Å². The summed E-state index contributed by atoms with van der Waals surface area (Å²) < 4.78 is 10.7. The van der Waals surface area contributed by atoms with Gasteiger partial charge in [-0.15, -0.1) is 0 Å². The van der Waals surface area contributed by atoms with Crippen LogP contribution in [-0.2, 0) is 9.53 Å². The van der Waals surface area contributed by atoms with Crippen molar-refractivity contribution in [2.45, 2.75) is 32.4 Å². The Morgan fingerprint density at radius 1 is 0.969 bits per heavy atom. The lowest BCUT2D eigenvalue weighted by Gasteiger charge is -2.39. The highest BCUT2D eigenvalue weighted by atomic mass is 16.6. The van der Waals surface area contributed by atoms with Crippen LogP contribution >= 0.6 is 0 Å².